The average molecular weight is 286 g/mol. The van der Waals surface area contributed by atoms with Crippen molar-refractivity contribution in [1.29, 1.82) is 0 Å². The first-order chi connectivity index (χ1) is 9.69. The fraction of sp³-hybridized carbons (Fsp3) is 0.200. The largest absolute Gasteiger partial charge is 0.384 e. The number of benzene rings is 1. The zero-order valence-corrected chi connectivity index (χ0v) is 11.8. The van der Waals surface area contributed by atoms with Crippen molar-refractivity contribution in [3.8, 4) is 11.8 Å². The number of thiazole rings is 1. The maximum atomic E-state index is 12.1. The number of nitrogens with one attached hydrogen (secondary N) is 1. The van der Waals surface area contributed by atoms with Gasteiger partial charge in [0.25, 0.3) is 5.91 Å². The van der Waals surface area contributed by atoms with E-state index in [4.69, 9.17) is 5.11 Å². The van der Waals surface area contributed by atoms with Crippen molar-refractivity contribution in [2.45, 2.75) is 13.5 Å². The highest BCUT2D eigenvalue weighted by Gasteiger charge is 2.07. The smallest absolute Gasteiger partial charge is 0.251 e. The Bertz CT molecular complexity index is 654. The van der Waals surface area contributed by atoms with Gasteiger partial charge in [-0.3, -0.25) is 4.79 Å². The number of hydrogen-bond donors (Lipinski definition) is 2. The molecule has 0 atom stereocenters. The first-order valence-corrected chi connectivity index (χ1v) is 6.95. The lowest BCUT2D eigenvalue weighted by Gasteiger charge is -2.05. The van der Waals surface area contributed by atoms with Gasteiger partial charge >= 0.3 is 0 Å². The Balaban J connectivity index is 2.10. The van der Waals surface area contributed by atoms with Gasteiger partial charge in [0.1, 0.15) is 11.6 Å². The Kier molecular flexibility index (Phi) is 4.88. The molecule has 2 aromatic rings. The average Bonchev–Trinajstić information content (AvgIpc) is 2.95. The lowest BCUT2D eigenvalue weighted by molar-refractivity contribution is 0.0950. The number of carbonyl (C=O) groups excluding carboxylic acids is 1. The van der Waals surface area contributed by atoms with Crippen LogP contribution in [0.1, 0.15) is 26.5 Å². The molecule has 0 aliphatic heterocycles. The summed E-state index contributed by atoms with van der Waals surface area (Å²) in [6.45, 7) is 2.13. The van der Waals surface area contributed by atoms with E-state index in [1.165, 1.54) is 11.3 Å². The molecular formula is C15H14N2O2S. The molecule has 0 unspecified atom stereocenters. The van der Waals surface area contributed by atoms with Crippen molar-refractivity contribution in [1.82, 2.24) is 10.3 Å². The quantitative estimate of drug-likeness (QED) is 0.845. The normalized spacial score (nSPS) is 9.70. The molecule has 1 aromatic heterocycles. The summed E-state index contributed by atoms with van der Waals surface area (Å²) in [5.41, 5.74) is 2.23. The summed E-state index contributed by atoms with van der Waals surface area (Å²) in [7, 11) is 0. The van der Waals surface area contributed by atoms with Crippen LogP contribution in [0.5, 0.6) is 0 Å². The Hall–Kier alpha value is -2.16. The van der Waals surface area contributed by atoms with Crippen LogP contribution < -0.4 is 5.32 Å². The second-order valence-corrected chi connectivity index (χ2v) is 5.14. The third-order valence-corrected chi connectivity index (χ3v) is 3.31. The van der Waals surface area contributed by atoms with E-state index < -0.39 is 0 Å². The summed E-state index contributed by atoms with van der Waals surface area (Å²) in [5.74, 6) is 5.23. The summed E-state index contributed by atoms with van der Waals surface area (Å²) in [6.07, 6.45) is 1.71. The molecule has 5 heteroatoms. The van der Waals surface area contributed by atoms with Gasteiger partial charge in [0, 0.05) is 22.7 Å². The molecule has 0 saturated heterocycles. The van der Waals surface area contributed by atoms with E-state index in [0.717, 1.165) is 16.1 Å². The molecule has 4 nitrogen and oxygen atoms in total. The summed E-state index contributed by atoms with van der Waals surface area (Å²) in [5, 5.41) is 14.3. The van der Waals surface area contributed by atoms with Gasteiger partial charge in [-0.15, -0.1) is 11.3 Å². The van der Waals surface area contributed by atoms with Crippen LogP contribution in [-0.2, 0) is 6.54 Å². The number of rotatable bonds is 3. The molecule has 1 amide bonds. The molecule has 0 aliphatic rings. The number of aliphatic hydroxyl groups excluding tert-OH is 1. The monoisotopic (exact) mass is 286 g/mol. The summed E-state index contributed by atoms with van der Waals surface area (Å²) < 4.78 is 0. The second kappa shape index (κ2) is 6.85. The van der Waals surface area contributed by atoms with Crippen LogP contribution in [0.15, 0.2) is 29.8 Å². The van der Waals surface area contributed by atoms with Gasteiger partial charge < -0.3 is 10.4 Å². The third kappa shape index (κ3) is 3.92. The fourth-order valence-electron chi connectivity index (χ4n) is 1.73. The highest BCUT2D eigenvalue weighted by atomic mass is 32.1. The Morgan fingerprint density at radius 2 is 2.30 bits per heavy atom. The van der Waals surface area contributed by atoms with Crippen LogP contribution in [0, 0.1) is 18.8 Å². The van der Waals surface area contributed by atoms with Gasteiger partial charge in [-0.25, -0.2) is 4.98 Å². The molecule has 0 fully saturated rings. The van der Waals surface area contributed by atoms with Gasteiger partial charge in [-0.05, 0) is 30.7 Å². The van der Waals surface area contributed by atoms with Crippen LogP contribution in [0.4, 0.5) is 0 Å². The van der Waals surface area contributed by atoms with Crippen LogP contribution in [0.3, 0.4) is 0 Å². The molecule has 0 bridgehead atoms. The Morgan fingerprint density at radius 1 is 1.45 bits per heavy atom. The topological polar surface area (TPSA) is 62.2 Å². The predicted octanol–water partition coefficient (Wildman–Crippen LogP) is 1.73. The van der Waals surface area contributed by atoms with Crippen LogP contribution in [0.25, 0.3) is 0 Å². The van der Waals surface area contributed by atoms with E-state index in [9.17, 15) is 4.79 Å². The minimum absolute atomic E-state index is 0.157. The molecule has 20 heavy (non-hydrogen) atoms. The van der Waals surface area contributed by atoms with Crippen molar-refractivity contribution in [2.24, 2.45) is 0 Å². The molecule has 0 saturated carbocycles. The first kappa shape index (κ1) is 14.3. The predicted molar refractivity (Wildman–Crippen MR) is 78.4 cm³/mol. The molecular weight excluding hydrogens is 272 g/mol. The molecule has 1 heterocycles. The van der Waals surface area contributed by atoms with Gasteiger partial charge in [0.05, 0.1) is 6.54 Å². The minimum Gasteiger partial charge on any atom is -0.384 e. The van der Waals surface area contributed by atoms with Crippen LogP contribution >= 0.6 is 11.3 Å². The minimum atomic E-state index is -0.195. The molecule has 0 radical (unpaired) electrons. The number of carbonyl (C=O) groups is 1. The van der Waals surface area contributed by atoms with Crippen LogP contribution in [-0.4, -0.2) is 22.6 Å². The van der Waals surface area contributed by atoms with E-state index in [1.807, 2.05) is 18.4 Å². The Labute approximate surface area is 121 Å². The summed E-state index contributed by atoms with van der Waals surface area (Å²) in [4.78, 5) is 16.2. The SMILES string of the molecule is Cc1cc(C#CCO)cc(C(=O)NCc2nccs2)c1. The number of aliphatic hydroxyl groups is 1. The molecule has 2 N–H and O–H groups in total. The number of nitrogens with zero attached hydrogens (tertiary/aromatic N) is 1. The van der Waals surface area contributed by atoms with Gasteiger partial charge in [0.2, 0.25) is 0 Å². The van der Waals surface area contributed by atoms with Crippen molar-refractivity contribution in [3.63, 3.8) is 0 Å². The highest BCUT2D eigenvalue weighted by molar-refractivity contribution is 7.09. The number of amides is 1. The standard InChI is InChI=1S/C15H14N2O2S/c1-11-7-12(3-2-5-18)9-13(8-11)15(19)17-10-14-16-4-6-20-14/h4,6-9,18H,5,10H2,1H3,(H,17,19). The van der Waals surface area contributed by atoms with Gasteiger partial charge in [0.15, 0.2) is 0 Å². The molecule has 1 aromatic carbocycles. The number of aryl methyl sites for hydroxylation is 1. The second-order valence-electron chi connectivity index (χ2n) is 4.16. The highest BCUT2D eigenvalue weighted by Crippen LogP contribution is 2.10. The van der Waals surface area contributed by atoms with E-state index in [-0.39, 0.29) is 12.5 Å². The fourth-order valence-corrected chi connectivity index (χ4v) is 2.28. The van der Waals surface area contributed by atoms with Gasteiger partial charge in [-0.2, -0.15) is 0 Å². The first-order valence-electron chi connectivity index (χ1n) is 6.07. The van der Waals surface area contributed by atoms with Crippen molar-refractivity contribution in [2.75, 3.05) is 6.61 Å². The molecule has 102 valence electrons. The van der Waals surface area contributed by atoms with Crippen LogP contribution in [0.2, 0.25) is 0 Å². The summed E-state index contributed by atoms with van der Waals surface area (Å²) in [6, 6.07) is 5.40. The summed E-state index contributed by atoms with van der Waals surface area (Å²) >= 11 is 1.50. The number of hydrogen-bond acceptors (Lipinski definition) is 4. The lowest BCUT2D eigenvalue weighted by atomic mass is 10.1. The van der Waals surface area contributed by atoms with Crippen molar-refractivity contribution in [3.05, 3.63) is 51.5 Å². The number of aromatic nitrogens is 1. The van der Waals surface area contributed by atoms with Gasteiger partial charge in [-0.1, -0.05) is 11.8 Å². The van der Waals surface area contributed by atoms with E-state index in [1.54, 1.807) is 18.3 Å². The zero-order chi connectivity index (χ0) is 14.4. The van der Waals surface area contributed by atoms with E-state index >= 15 is 0 Å². The van der Waals surface area contributed by atoms with E-state index in [0.29, 0.717) is 12.1 Å². The maximum Gasteiger partial charge on any atom is 0.251 e. The van der Waals surface area contributed by atoms with Crippen molar-refractivity contribution >= 4 is 17.2 Å². The molecule has 2 rings (SSSR count). The van der Waals surface area contributed by atoms with Crippen molar-refractivity contribution < 1.29 is 9.90 Å². The Morgan fingerprint density at radius 3 is 3.00 bits per heavy atom. The maximum absolute atomic E-state index is 12.1. The van der Waals surface area contributed by atoms with E-state index in [2.05, 4.69) is 22.1 Å². The molecule has 0 spiro atoms. The third-order valence-electron chi connectivity index (χ3n) is 2.53. The zero-order valence-electron chi connectivity index (χ0n) is 11.0. The lowest BCUT2D eigenvalue weighted by Crippen LogP contribution is -2.22. The molecule has 0 aliphatic carbocycles.